The standard InChI is InChI=1S/C44H63N5O8S/c1-8-29(4)39(47-41(52)36-16-12-13-21-48(36)6)43(53)49(25-32-14-10-9-11-15-32)37(28(2)3)24-38(57-27-56-7)42-46-35(26-58-42)40(51)45-33(22-30(5)44(54)55)23-31-17-19-34(50)20-18-31/h9-11,14-15,17-20,26,28-30,33,36-39,50H,8,12-13,16,21-25,27H2,1-7H3,(H,45,51)(H,47,52)(H,54,55). The average molecular weight is 822 g/mol. The van der Waals surface area contributed by atoms with Gasteiger partial charge in [0.05, 0.1) is 12.0 Å². The quantitative estimate of drug-likeness (QED) is 0.0830. The summed E-state index contributed by atoms with van der Waals surface area (Å²) in [5, 5.41) is 27.7. The largest absolute Gasteiger partial charge is 0.508 e. The Kier molecular flexibility index (Phi) is 18.1. The van der Waals surface area contributed by atoms with E-state index in [1.54, 1.807) is 36.6 Å². The average Bonchev–Trinajstić information content (AvgIpc) is 3.70. The molecule has 0 bridgehead atoms. The Morgan fingerprint density at radius 3 is 2.31 bits per heavy atom. The van der Waals surface area contributed by atoms with Crippen LogP contribution in [0.1, 0.15) is 106 Å². The number of carboxylic acids is 1. The third-order valence-corrected chi connectivity index (χ3v) is 12.1. The number of rotatable bonds is 22. The number of methoxy groups -OCH3 is 1. The number of phenols is 1. The Bertz CT molecular complexity index is 1760. The van der Waals surface area contributed by atoms with E-state index in [1.807, 2.05) is 56.1 Å². The summed E-state index contributed by atoms with van der Waals surface area (Å²) in [6.45, 7) is 10.8. The van der Waals surface area contributed by atoms with Gasteiger partial charge in [-0.2, -0.15) is 0 Å². The van der Waals surface area contributed by atoms with Crippen molar-refractivity contribution in [1.82, 2.24) is 25.4 Å². The number of hydrogen-bond donors (Lipinski definition) is 4. The zero-order chi connectivity index (χ0) is 42.4. The molecule has 3 amide bonds. The molecule has 4 N–H and O–H groups in total. The molecule has 1 fully saturated rings. The number of hydrogen-bond acceptors (Lipinski definition) is 10. The van der Waals surface area contributed by atoms with Gasteiger partial charge in [0, 0.05) is 37.5 Å². The van der Waals surface area contributed by atoms with Crippen molar-refractivity contribution in [1.29, 1.82) is 0 Å². The summed E-state index contributed by atoms with van der Waals surface area (Å²) in [7, 11) is 3.49. The minimum Gasteiger partial charge on any atom is -0.508 e. The van der Waals surface area contributed by atoms with E-state index < -0.39 is 36.0 Å². The van der Waals surface area contributed by atoms with Gasteiger partial charge in [-0.3, -0.25) is 24.1 Å². The number of carbonyl (C=O) groups is 4. The SMILES string of the molecule is CCC(C)C(NC(=O)C1CCCCN1C)C(=O)N(Cc1ccccc1)C(CC(OCOC)c1nc(C(=O)NC(Cc2ccc(O)cc2)CC(C)C(=O)O)cs1)C(C)C. The van der Waals surface area contributed by atoms with Gasteiger partial charge in [0.1, 0.15) is 35.4 Å². The van der Waals surface area contributed by atoms with Crippen LogP contribution in [0.5, 0.6) is 5.75 Å². The Morgan fingerprint density at radius 2 is 1.69 bits per heavy atom. The molecule has 7 atom stereocenters. The summed E-state index contributed by atoms with van der Waals surface area (Å²) in [4.78, 5) is 63.0. The highest BCUT2D eigenvalue weighted by Gasteiger charge is 2.38. The maximum atomic E-state index is 15.0. The van der Waals surface area contributed by atoms with Crippen molar-refractivity contribution in [3.63, 3.8) is 0 Å². The molecule has 1 saturated heterocycles. The monoisotopic (exact) mass is 821 g/mol. The van der Waals surface area contributed by atoms with Crippen LogP contribution in [-0.2, 0) is 36.8 Å². The Hall–Kier alpha value is -4.37. The molecule has 1 aliphatic rings. The molecule has 1 aromatic heterocycles. The number of amides is 3. The summed E-state index contributed by atoms with van der Waals surface area (Å²) in [6, 6.07) is 14.5. The van der Waals surface area contributed by atoms with Crippen LogP contribution in [0.3, 0.4) is 0 Å². The van der Waals surface area contributed by atoms with Crippen molar-refractivity contribution in [2.75, 3.05) is 27.5 Å². The third-order valence-electron chi connectivity index (χ3n) is 11.2. The summed E-state index contributed by atoms with van der Waals surface area (Å²) in [5.74, 6) is -2.48. The van der Waals surface area contributed by atoms with E-state index >= 15 is 4.79 Å². The van der Waals surface area contributed by atoms with Crippen LogP contribution in [0.25, 0.3) is 0 Å². The highest BCUT2D eigenvalue weighted by molar-refractivity contribution is 7.09. The van der Waals surface area contributed by atoms with Gasteiger partial charge in [0.15, 0.2) is 0 Å². The Balaban J connectivity index is 1.63. The summed E-state index contributed by atoms with van der Waals surface area (Å²) in [5.41, 5.74) is 1.94. The van der Waals surface area contributed by atoms with Gasteiger partial charge in [-0.05, 0) is 74.4 Å². The van der Waals surface area contributed by atoms with Crippen LogP contribution in [0.2, 0.25) is 0 Å². The van der Waals surface area contributed by atoms with Gasteiger partial charge >= 0.3 is 5.97 Å². The predicted molar refractivity (Wildman–Crippen MR) is 224 cm³/mol. The molecule has 13 nitrogen and oxygen atoms in total. The summed E-state index contributed by atoms with van der Waals surface area (Å²) in [6.07, 6.45) is 3.67. The highest BCUT2D eigenvalue weighted by atomic mass is 32.1. The molecular weight excluding hydrogens is 759 g/mol. The van der Waals surface area contributed by atoms with Crippen LogP contribution >= 0.6 is 11.3 Å². The van der Waals surface area contributed by atoms with Crippen molar-refractivity contribution in [2.45, 2.75) is 116 Å². The normalized spacial score (nSPS) is 17.8. The second-order valence-electron chi connectivity index (χ2n) is 16.0. The van der Waals surface area contributed by atoms with Gasteiger partial charge in [-0.25, -0.2) is 4.98 Å². The predicted octanol–water partition coefficient (Wildman–Crippen LogP) is 6.42. The number of aliphatic carboxylic acids is 1. The summed E-state index contributed by atoms with van der Waals surface area (Å²) >= 11 is 1.27. The van der Waals surface area contributed by atoms with E-state index in [4.69, 9.17) is 14.5 Å². The lowest BCUT2D eigenvalue weighted by Crippen LogP contribution is -2.58. The lowest BCUT2D eigenvalue weighted by molar-refractivity contribution is -0.144. The number of benzene rings is 2. The maximum absolute atomic E-state index is 15.0. The molecule has 1 aliphatic heterocycles. The van der Waals surface area contributed by atoms with E-state index in [-0.39, 0.29) is 60.4 Å². The first-order valence-electron chi connectivity index (χ1n) is 20.4. The topological polar surface area (TPSA) is 171 Å². The second-order valence-corrected chi connectivity index (χ2v) is 16.9. The number of nitrogens with one attached hydrogen (secondary N) is 2. The summed E-state index contributed by atoms with van der Waals surface area (Å²) < 4.78 is 11.6. The number of ether oxygens (including phenoxy) is 2. The molecule has 0 aliphatic carbocycles. The molecule has 58 heavy (non-hydrogen) atoms. The highest BCUT2D eigenvalue weighted by Crippen LogP contribution is 2.32. The number of carboxylic acid groups (broad SMARTS) is 1. The van der Waals surface area contributed by atoms with Crippen LogP contribution in [-0.4, -0.2) is 100 Å². The van der Waals surface area contributed by atoms with Gasteiger partial charge in [-0.15, -0.1) is 11.3 Å². The van der Waals surface area contributed by atoms with E-state index in [2.05, 4.69) is 29.4 Å². The van der Waals surface area contributed by atoms with Crippen molar-refractivity contribution in [3.05, 3.63) is 81.8 Å². The van der Waals surface area contributed by atoms with E-state index in [0.29, 0.717) is 30.8 Å². The molecule has 4 rings (SSSR count). The van der Waals surface area contributed by atoms with Crippen LogP contribution < -0.4 is 10.6 Å². The lowest BCUT2D eigenvalue weighted by atomic mass is 9.91. The van der Waals surface area contributed by atoms with E-state index in [9.17, 15) is 24.6 Å². The zero-order valence-electron chi connectivity index (χ0n) is 35.1. The number of likely N-dealkylation sites (tertiary alicyclic amines) is 1. The number of carbonyl (C=O) groups excluding carboxylic acids is 3. The lowest BCUT2D eigenvalue weighted by Gasteiger charge is -2.40. The number of aromatic hydroxyl groups is 1. The first-order chi connectivity index (χ1) is 27.7. The maximum Gasteiger partial charge on any atom is 0.306 e. The van der Waals surface area contributed by atoms with Gasteiger partial charge in [0.25, 0.3) is 5.91 Å². The van der Waals surface area contributed by atoms with Crippen molar-refractivity contribution in [2.24, 2.45) is 17.8 Å². The molecule has 318 valence electrons. The molecule has 7 unspecified atom stereocenters. The molecular formula is C44H63N5O8S. The van der Waals surface area contributed by atoms with Gasteiger partial charge in [0.2, 0.25) is 11.8 Å². The Morgan fingerprint density at radius 1 is 0.983 bits per heavy atom. The molecule has 14 heteroatoms. The molecule has 0 saturated carbocycles. The number of nitrogens with zero attached hydrogens (tertiary/aromatic N) is 3. The van der Waals surface area contributed by atoms with Crippen LogP contribution in [0.4, 0.5) is 0 Å². The molecule has 0 spiro atoms. The third kappa shape index (κ3) is 13.3. The molecule has 2 aromatic carbocycles. The van der Waals surface area contributed by atoms with Crippen molar-refractivity contribution in [3.8, 4) is 5.75 Å². The van der Waals surface area contributed by atoms with Crippen LogP contribution in [0.15, 0.2) is 60.0 Å². The number of thiazole rings is 1. The fraction of sp³-hybridized carbons (Fsp3) is 0.568. The van der Waals surface area contributed by atoms with Crippen molar-refractivity contribution >= 4 is 35.0 Å². The van der Waals surface area contributed by atoms with Gasteiger partial charge in [-0.1, -0.05) is 89.9 Å². The smallest absolute Gasteiger partial charge is 0.306 e. The van der Waals surface area contributed by atoms with E-state index in [0.717, 1.165) is 36.9 Å². The van der Waals surface area contributed by atoms with Crippen molar-refractivity contribution < 1.29 is 38.9 Å². The van der Waals surface area contributed by atoms with Gasteiger partial charge < -0.3 is 35.2 Å². The Labute approximate surface area is 347 Å². The number of likely N-dealkylation sites (N-methyl/N-ethyl adjacent to an activating group) is 1. The van der Waals surface area contributed by atoms with Crippen LogP contribution in [0, 0.1) is 17.8 Å². The second kappa shape index (κ2) is 22.7. The minimum atomic E-state index is -0.965. The van der Waals surface area contributed by atoms with E-state index in [1.165, 1.54) is 18.4 Å². The molecule has 2 heterocycles. The first kappa shape index (κ1) is 46.3. The number of piperidine rings is 1. The minimum absolute atomic E-state index is 0.0429. The number of phenolic OH excluding ortho intramolecular Hbond substituents is 1. The number of aromatic nitrogens is 1. The first-order valence-corrected chi connectivity index (χ1v) is 21.3. The zero-order valence-corrected chi connectivity index (χ0v) is 35.9. The molecule has 0 radical (unpaired) electrons. The fourth-order valence-electron chi connectivity index (χ4n) is 7.46. The fourth-order valence-corrected chi connectivity index (χ4v) is 8.32. The molecule has 3 aromatic rings.